The van der Waals surface area contributed by atoms with E-state index in [4.69, 9.17) is 0 Å². The van der Waals surface area contributed by atoms with Crippen LogP contribution in [-0.4, -0.2) is 27.3 Å². The predicted molar refractivity (Wildman–Crippen MR) is 79.2 cm³/mol. The van der Waals surface area contributed by atoms with Crippen LogP contribution in [0.3, 0.4) is 0 Å². The molecule has 0 amide bonds. The van der Waals surface area contributed by atoms with Crippen molar-refractivity contribution in [2.75, 3.05) is 5.75 Å². The summed E-state index contributed by atoms with van der Waals surface area (Å²) >= 11 is 0. The van der Waals surface area contributed by atoms with Crippen LogP contribution in [0.1, 0.15) is 59.8 Å². The summed E-state index contributed by atoms with van der Waals surface area (Å²) in [6, 6.07) is 1.05. The highest BCUT2D eigenvalue weighted by Crippen LogP contribution is 2.42. The largest absolute Gasteiger partial charge is 0.310 e. The minimum absolute atomic E-state index is 0.402. The fraction of sp³-hybridized carbons (Fsp3) is 1.00. The van der Waals surface area contributed by atoms with Crippen LogP contribution in [0.4, 0.5) is 0 Å². The normalized spacial score (nSPS) is 42.1. The summed E-state index contributed by atoms with van der Waals surface area (Å²) in [5.41, 5.74) is 0.410. The quantitative estimate of drug-likeness (QED) is 0.836. The molecule has 1 heterocycles. The first-order valence-electron chi connectivity index (χ1n) is 7.57. The summed E-state index contributed by atoms with van der Waals surface area (Å²) in [5, 5.41) is 4.11. The number of rotatable bonds is 2. The molecule has 1 N–H and O–H groups in total. The van der Waals surface area contributed by atoms with Crippen molar-refractivity contribution in [3.05, 3.63) is 0 Å². The lowest BCUT2D eigenvalue weighted by Crippen LogP contribution is -2.48. The third-order valence-corrected chi connectivity index (χ3v) is 7.23. The van der Waals surface area contributed by atoms with Crippen molar-refractivity contribution < 1.29 is 4.21 Å². The summed E-state index contributed by atoms with van der Waals surface area (Å²) in [5.74, 6) is 1.65. The van der Waals surface area contributed by atoms with E-state index in [1.54, 1.807) is 0 Å². The molecule has 3 heteroatoms. The lowest BCUT2D eigenvalue weighted by atomic mass is 9.68. The average Bonchev–Trinajstić information content (AvgIpc) is 2.49. The number of hydrogen-bond acceptors (Lipinski definition) is 2. The molecule has 1 saturated heterocycles. The number of nitrogens with one attached hydrogen (secondary N) is 1. The van der Waals surface area contributed by atoms with Gasteiger partial charge in [-0.2, -0.15) is 0 Å². The lowest BCUT2D eigenvalue weighted by molar-refractivity contribution is 0.138. The highest BCUT2D eigenvalue weighted by atomic mass is 32.2. The van der Waals surface area contributed by atoms with Crippen molar-refractivity contribution in [2.45, 2.75) is 77.1 Å². The minimum Gasteiger partial charge on any atom is -0.310 e. The Bertz CT molecular complexity index is 316. The molecule has 0 bridgehead atoms. The van der Waals surface area contributed by atoms with Crippen LogP contribution in [0.25, 0.3) is 0 Å². The molecule has 1 aliphatic heterocycles. The first-order valence-corrected chi connectivity index (χ1v) is 8.95. The molecule has 2 aliphatic rings. The number of hydrogen-bond donors (Lipinski definition) is 1. The second-order valence-corrected chi connectivity index (χ2v) is 8.71. The average molecular weight is 271 g/mol. The summed E-state index contributed by atoms with van der Waals surface area (Å²) in [6.45, 7) is 9.29. The minimum atomic E-state index is -0.615. The standard InChI is InChI=1S/C15H29NOS/c1-5-15(3,4)12-6-7-13-14(10-12)18(17)9-8-11(2)16-13/h11-14,16H,5-10H2,1-4H3. The van der Waals surface area contributed by atoms with Crippen LogP contribution in [0, 0.1) is 11.3 Å². The van der Waals surface area contributed by atoms with E-state index in [9.17, 15) is 4.21 Å². The van der Waals surface area contributed by atoms with Crippen molar-refractivity contribution in [3.8, 4) is 0 Å². The van der Waals surface area contributed by atoms with Gasteiger partial charge in [0, 0.05) is 28.6 Å². The predicted octanol–water partition coefficient (Wildman–Crippen LogP) is 3.09. The summed E-state index contributed by atoms with van der Waals surface area (Å²) < 4.78 is 12.4. The molecule has 0 spiro atoms. The van der Waals surface area contributed by atoms with Gasteiger partial charge in [-0.05, 0) is 43.9 Å². The summed E-state index contributed by atoms with van der Waals surface area (Å²) in [6.07, 6.45) is 5.98. The summed E-state index contributed by atoms with van der Waals surface area (Å²) in [4.78, 5) is 0. The molecular formula is C15H29NOS. The van der Waals surface area contributed by atoms with E-state index in [0.29, 0.717) is 22.7 Å². The Balaban J connectivity index is 2.09. The maximum atomic E-state index is 12.4. The molecule has 5 atom stereocenters. The Morgan fingerprint density at radius 3 is 2.67 bits per heavy atom. The second kappa shape index (κ2) is 5.62. The molecule has 2 fully saturated rings. The van der Waals surface area contributed by atoms with Gasteiger partial charge in [0.25, 0.3) is 0 Å². The van der Waals surface area contributed by atoms with Crippen LogP contribution in [-0.2, 0) is 10.8 Å². The van der Waals surface area contributed by atoms with Crippen LogP contribution in [0.5, 0.6) is 0 Å². The first-order chi connectivity index (χ1) is 8.44. The molecule has 18 heavy (non-hydrogen) atoms. The molecule has 1 saturated carbocycles. The zero-order chi connectivity index (χ0) is 13.3. The van der Waals surface area contributed by atoms with Gasteiger partial charge in [0.1, 0.15) is 0 Å². The van der Waals surface area contributed by atoms with E-state index >= 15 is 0 Å². The zero-order valence-electron chi connectivity index (χ0n) is 12.4. The van der Waals surface area contributed by atoms with Gasteiger partial charge >= 0.3 is 0 Å². The molecule has 0 aromatic carbocycles. The van der Waals surface area contributed by atoms with Crippen LogP contribution >= 0.6 is 0 Å². The number of fused-ring (bicyclic) bond motifs is 1. The van der Waals surface area contributed by atoms with Gasteiger partial charge < -0.3 is 5.32 Å². The molecule has 0 aromatic rings. The van der Waals surface area contributed by atoms with E-state index in [1.165, 1.54) is 19.3 Å². The Hall–Kier alpha value is 0.110. The topological polar surface area (TPSA) is 29.1 Å². The monoisotopic (exact) mass is 271 g/mol. The molecule has 1 aliphatic carbocycles. The third-order valence-electron chi connectivity index (χ3n) is 5.40. The zero-order valence-corrected chi connectivity index (χ0v) is 13.2. The molecule has 5 unspecified atom stereocenters. The highest BCUT2D eigenvalue weighted by molar-refractivity contribution is 7.85. The molecule has 2 nitrogen and oxygen atoms in total. The maximum Gasteiger partial charge on any atom is 0.0504 e. The van der Waals surface area contributed by atoms with E-state index in [2.05, 4.69) is 33.0 Å². The molecule has 0 aromatic heterocycles. The fourth-order valence-electron chi connectivity index (χ4n) is 3.50. The first kappa shape index (κ1) is 14.5. The van der Waals surface area contributed by atoms with Gasteiger partial charge in [0.2, 0.25) is 0 Å². The SMILES string of the molecule is CCC(C)(C)C1CCC2NC(C)CCS(=O)C2C1. The van der Waals surface area contributed by atoms with Gasteiger partial charge in [-0.25, -0.2) is 0 Å². The Kier molecular flexibility index (Phi) is 4.53. The van der Waals surface area contributed by atoms with Gasteiger partial charge in [-0.3, -0.25) is 4.21 Å². The van der Waals surface area contributed by atoms with E-state index < -0.39 is 10.8 Å². The van der Waals surface area contributed by atoms with Gasteiger partial charge in [0.15, 0.2) is 0 Å². The lowest BCUT2D eigenvalue weighted by Gasteiger charge is -2.42. The molecule has 0 radical (unpaired) electrons. The van der Waals surface area contributed by atoms with Gasteiger partial charge in [0.05, 0.1) is 5.25 Å². The Labute approximate surface area is 115 Å². The van der Waals surface area contributed by atoms with E-state index in [0.717, 1.165) is 24.5 Å². The molecule has 2 rings (SSSR count). The van der Waals surface area contributed by atoms with Crippen molar-refractivity contribution in [1.82, 2.24) is 5.32 Å². The van der Waals surface area contributed by atoms with Crippen molar-refractivity contribution >= 4 is 10.8 Å². The van der Waals surface area contributed by atoms with Crippen LogP contribution < -0.4 is 5.32 Å². The Morgan fingerprint density at radius 2 is 2.00 bits per heavy atom. The second-order valence-electron chi connectivity index (χ2n) is 6.94. The van der Waals surface area contributed by atoms with Gasteiger partial charge in [-0.1, -0.05) is 27.2 Å². The fourth-order valence-corrected chi connectivity index (χ4v) is 5.42. The third kappa shape index (κ3) is 2.98. The van der Waals surface area contributed by atoms with Crippen LogP contribution in [0.15, 0.2) is 0 Å². The molecular weight excluding hydrogens is 242 g/mol. The van der Waals surface area contributed by atoms with Crippen molar-refractivity contribution in [3.63, 3.8) is 0 Å². The van der Waals surface area contributed by atoms with E-state index in [1.807, 2.05) is 0 Å². The van der Waals surface area contributed by atoms with Gasteiger partial charge in [-0.15, -0.1) is 0 Å². The van der Waals surface area contributed by atoms with Crippen molar-refractivity contribution in [1.29, 1.82) is 0 Å². The maximum absolute atomic E-state index is 12.4. The Morgan fingerprint density at radius 1 is 1.28 bits per heavy atom. The molecule has 106 valence electrons. The van der Waals surface area contributed by atoms with Crippen molar-refractivity contribution in [2.24, 2.45) is 11.3 Å². The smallest absolute Gasteiger partial charge is 0.0504 e. The van der Waals surface area contributed by atoms with Crippen LogP contribution in [0.2, 0.25) is 0 Å². The highest BCUT2D eigenvalue weighted by Gasteiger charge is 2.41. The summed E-state index contributed by atoms with van der Waals surface area (Å²) in [7, 11) is -0.615. The van der Waals surface area contributed by atoms with E-state index in [-0.39, 0.29) is 0 Å².